The van der Waals surface area contributed by atoms with E-state index < -0.39 is 5.97 Å². The summed E-state index contributed by atoms with van der Waals surface area (Å²) in [6.07, 6.45) is 0.722. The molecule has 0 fully saturated rings. The van der Waals surface area contributed by atoms with Crippen LogP contribution < -0.4 is 9.64 Å². The molecule has 0 aliphatic rings. The van der Waals surface area contributed by atoms with Crippen LogP contribution in [0.25, 0.3) is 0 Å². The molecule has 0 bridgehead atoms. The molecule has 0 unspecified atom stereocenters. The molecule has 0 heterocycles. The van der Waals surface area contributed by atoms with E-state index in [1.807, 2.05) is 13.0 Å². The van der Waals surface area contributed by atoms with Crippen molar-refractivity contribution >= 4 is 17.6 Å². The lowest BCUT2D eigenvalue weighted by molar-refractivity contribution is -0.144. The highest BCUT2D eigenvalue weighted by atomic mass is 16.5. The minimum absolute atomic E-state index is 0.00406. The Labute approximate surface area is 130 Å². The van der Waals surface area contributed by atoms with Gasteiger partial charge in [0, 0.05) is 6.42 Å². The van der Waals surface area contributed by atoms with Gasteiger partial charge in [-0.05, 0) is 18.6 Å². The average molecular weight is 304 g/mol. The Bertz CT molecular complexity index is 551. The van der Waals surface area contributed by atoms with Crippen LogP contribution in [0, 0.1) is 11.3 Å². The van der Waals surface area contributed by atoms with Gasteiger partial charge in [0.05, 0.1) is 31.9 Å². The Morgan fingerprint density at radius 1 is 1.27 bits per heavy atom. The topological polar surface area (TPSA) is 79.6 Å². The number of ether oxygens (including phenoxy) is 2. The summed E-state index contributed by atoms with van der Waals surface area (Å²) in [6.45, 7) is 2.14. The van der Waals surface area contributed by atoms with Crippen LogP contribution in [0.3, 0.4) is 0 Å². The van der Waals surface area contributed by atoms with Crippen molar-refractivity contribution in [1.82, 2.24) is 0 Å². The summed E-state index contributed by atoms with van der Waals surface area (Å²) in [5.74, 6) is -0.230. The number of esters is 1. The minimum Gasteiger partial charge on any atom is -0.495 e. The van der Waals surface area contributed by atoms with E-state index in [1.165, 1.54) is 12.0 Å². The number of nitriles is 1. The molecule has 1 amide bonds. The number of amides is 1. The fourth-order valence-corrected chi connectivity index (χ4v) is 1.86. The number of rotatable bonds is 8. The molecule has 0 radical (unpaired) electrons. The quantitative estimate of drug-likeness (QED) is 0.544. The first kappa shape index (κ1) is 17.5. The number of carbonyl (C=O) groups excluding carboxylic acids is 2. The summed E-state index contributed by atoms with van der Waals surface area (Å²) in [4.78, 5) is 25.1. The molecule has 1 aromatic rings. The smallest absolute Gasteiger partial charge is 0.306 e. The number of nitrogens with zero attached hydrogens (tertiary/aromatic N) is 2. The van der Waals surface area contributed by atoms with Crippen LogP contribution >= 0.6 is 0 Å². The maximum absolute atomic E-state index is 12.3. The molecule has 0 spiro atoms. The fourth-order valence-electron chi connectivity index (χ4n) is 1.86. The van der Waals surface area contributed by atoms with Gasteiger partial charge in [-0.25, -0.2) is 0 Å². The first-order valence-electron chi connectivity index (χ1n) is 7.10. The van der Waals surface area contributed by atoms with E-state index in [1.54, 1.807) is 24.3 Å². The maximum Gasteiger partial charge on any atom is 0.306 e. The molecule has 118 valence electrons. The van der Waals surface area contributed by atoms with Gasteiger partial charge in [0.2, 0.25) is 5.91 Å². The number of carbonyl (C=O) groups is 2. The molecule has 0 atom stereocenters. The number of para-hydroxylation sites is 2. The molecule has 1 rings (SSSR count). The zero-order valence-electron chi connectivity index (χ0n) is 12.9. The molecule has 1 aromatic carbocycles. The van der Waals surface area contributed by atoms with E-state index in [9.17, 15) is 9.59 Å². The molecule has 0 saturated heterocycles. The van der Waals surface area contributed by atoms with Crippen molar-refractivity contribution in [3.8, 4) is 11.8 Å². The van der Waals surface area contributed by atoms with Crippen molar-refractivity contribution in [3.05, 3.63) is 24.3 Å². The SMILES string of the molecule is CCCOC(=O)CCC(=O)N(CC#N)c1ccccc1OC. The van der Waals surface area contributed by atoms with E-state index in [2.05, 4.69) is 0 Å². The Balaban J connectivity index is 2.76. The summed E-state index contributed by atoms with van der Waals surface area (Å²) in [5.41, 5.74) is 0.512. The van der Waals surface area contributed by atoms with Gasteiger partial charge in [-0.2, -0.15) is 5.26 Å². The Morgan fingerprint density at radius 3 is 2.64 bits per heavy atom. The van der Waals surface area contributed by atoms with E-state index in [0.29, 0.717) is 18.0 Å². The predicted octanol–water partition coefficient (Wildman–Crippen LogP) is 2.29. The van der Waals surface area contributed by atoms with Crippen molar-refractivity contribution in [2.75, 3.05) is 25.2 Å². The summed E-state index contributed by atoms with van der Waals surface area (Å²) in [7, 11) is 1.50. The van der Waals surface area contributed by atoms with Crippen molar-refractivity contribution in [2.24, 2.45) is 0 Å². The van der Waals surface area contributed by atoms with Crippen molar-refractivity contribution < 1.29 is 19.1 Å². The van der Waals surface area contributed by atoms with E-state index in [4.69, 9.17) is 14.7 Å². The van der Waals surface area contributed by atoms with Gasteiger partial charge in [0.15, 0.2) is 0 Å². The summed E-state index contributed by atoms with van der Waals surface area (Å²) < 4.78 is 10.1. The molecule has 22 heavy (non-hydrogen) atoms. The van der Waals surface area contributed by atoms with E-state index in [-0.39, 0.29) is 25.3 Å². The maximum atomic E-state index is 12.3. The molecular weight excluding hydrogens is 284 g/mol. The third-order valence-corrected chi connectivity index (χ3v) is 2.92. The number of hydrogen-bond acceptors (Lipinski definition) is 5. The first-order chi connectivity index (χ1) is 10.6. The largest absolute Gasteiger partial charge is 0.495 e. The number of hydrogen-bond donors (Lipinski definition) is 0. The summed E-state index contributed by atoms with van der Waals surface area (Å²) in [5, 5.41) is 8.93. The summed E-state index contributed by atoms with van der Waals surface area (Å²) in [6, 6.07) is 8.89. The summed E-state index contributed by atoms with van der Waals surface area (Å²) >= 11 is 0. The van der Waals surface area contributed by atoms with Gasteiger partial charge in [0.25, 0.3) is 0 Å². The normalized spacial score (nSPS) is 9.68. The van der Waals surface area contributed by atoms with E-state index >= 15 is 0 Å². The fraction of sp³-hybridized carbons (Fsp3) is 0.438. The highest BCUT2D eigenvalue weighted by molar-refractivity contribution is 5.96. The predicted molar refractivity (Wildman–Crippen MR) is 81.4 cm³/mol. The van der Waals surface area contributed by atoms with Crippen LogP contribution in [-0.2, 0) is 14.3 Å². The van der Waals surface area contributed by atoms with Crippen LogP contribution in [0.1, 0.15) is 26.2 Å². The van der Waals surface area contributed by atoms with Crippen LogP contribution in [0.4, 0.5) is 5.69 Å². The lowest BCUT2D eigenvalue weighted by atomic mass is 10.2. The first-order valence-corrected chi connectivity index (χ1v) is 7.10. The lowest BCUT2D eigenvalue weighted by Crippen LogP contribution is -2.32. The number of methoxy groups -OCH3 is 1. The zero-order valence-corrected chi connectivity index (χ0v) is 12.9. The second-order valence-electron chi connectivity index (χ2n) is 4.53. The molecular formula is C16H20N2O4. The second kappa shape index (κ2) is 9.40. The molecule has 0 saturated carbocycles. The number of anilines is 1. The monoisotopic (exact) mass is 304 g/mol. The van der Waals surface area contributed by atoms with Gasteiger partial charge >= 0.3 is 5.97 Å². The van der Waals surface area contributed by atoms with Crippen molar-refractivity contribution in [2.45, 2.75) is 26.2 Å². The molecule has 6 nitrogen and oxygen atoms in total. The second-order valence-corrected chi connectivity index (χ2v) is 4.53. The Kier molecular flexibility index (Phi) is 7.48. The van der Waals surface area contributed by atoms with Gasteiger partial charge in [-0.3, -0.25) is 14.5 Å². The molecule has 6 heteroatoms. The van der Waals surface area contributed by atoms with Gasteiger partial charge in [0.1, 0.15) is 12.3 Å². The van der Waals surface area contributed by atoms with Gasteiger partial charge in [-0.15, -0.1) is 0 Å². The number of benzene rings is 1. The van der Waals surface area contributed by atoms with Crippen molar-refractivity contribution in [3.63, 3.8) is 0 Å². The Morgan fingerprint density at radius 2 is 2.00 bits per heavy atom. The van der Waals surface area contributed by atoms with E-state index in [0.717, 1.165) is 6.42 Å². The van der Waals surface area contributed by atoms with Gasteiger partial charge in [-0.1, -0.05) is 19.1 Å². The molecule has 0 N–H and O–H groups in total. The molecule has 0 aliphatic carbocycles. The van der Waals surface area contributed by atoms with Crippen LogP contribution in [0.15, 0.2) is 24.3 Å². The third-order valence-electron chi connectivity index (χ3n) is 2.92. The van der Waals surface area contributed by atoms with Crippen molar-refractivity contribution in [1.29, 1.82) is 5.26 Å². The standard InChI is InChI=1S/C16H20N2O4/c1-3-12-22-16(20)9-8-15(19)18(11-10-17)13-6-4-5-7-14(13)21-2/h4-7H,3,8-9,11-12H2,1-2H3. The minimum atomic E-state index is -0.410. The lowest BCUT2D eigenvalue weighted by Gasteiger charge is -2.21. The molecule has 0 aliphatic heterocycles. The van der Waals surface area contributed by atoms with Gasteiger partial charge < -0.3 is 9.47 Å². The average Bonchev–Trinajstić information content (AvgIpc) is 2.55. The Hall–Kier alpha value is -2.55. The third kappa shape index (κ3) is 5.09. The molecule has 0 aromatic heterocycles. The van der Waals surface area contributed by atoms with Crippen LogP contribution in [0.5, 0.6) is 5.75 Å². The highest BCUT2D eigenvalue weighted by Crippen LogP contribution is 2.28. The van der Waals surface area contributed by atoms with Crippen LogP contribution in [0.2, 0.25) is 0 Å². The zero-order chi connectivity index (χ0) is 16.4. The van der Waals surface area contributed by atoms with Crippen LogP contribution in [-0.4, -0.2) is 32.1 Å². The highest BCUT2D eigenvalue weighted by Gasteiger charge is 2.20.